The van der Waals surface area contributed by atoms with Gasteiger partial charge >= 0.3 is 0 Å². The van der Waals surface area contributed by atoms with Gasteiger partial charge in [-0.15, -0.1) is 0 Å². The first-order chi connectivity index (χ1) is 16.4. The molecule has 3 aromatic carbocycles. The molecule has 0 saturated carbocycles. The van der Waals surface area contributed by atoms with Gasteiger partial charge < -0.3 is 9.84 Å². The van der Waals surface area contributed by atoms with Gasteiger partial charge in [0.05, 0.1) is 24.3 Å². The van der Waals surface area contributed by atoms with Gasteiger partial charge in [0, 0.05) is 6.54 Å². The molecule has 178 valence electrons. The van der Waals surface area contributed by atoms with Crippen LogP contribution in [0.25, 0.3) is 0 Å². The smallest absolute Gasteiger partial charge is 0.255 e. The minimum atomic E-state index is -3.88. The maximum atomic E-state index is 13.2. The van der Waals surface area contributed by atoms with Crippen molar-refractivity contribution < 1.29 is 23.1 Å². The Balaban J connectivity index is 1.70. The van der Waals surface area contributed by atoms with Crippen molar-refractivity contribution in [3.05, 3.63) is 90.0 Å². The van der Waals surface area contributed by atoms with Crippen LogP contribution in [-0.2, 0) is 21.2 Å². The van der Waals surface area contributed by atoms with Gasteiger partial charge in [0.15, 0.2) is 11.5 Å². The highest BCUT2D eigenvalue weighted by Crippen LogP contribution is 2.26. The number of hydrogen-bond acceptors (Lipinski definition) is 6. The second kappa shape index (κ2) is 12.0. The molecule has 0 saturated heterocycles. The highest BCUT2D eigenvalue weighted by atomic mass is 32.2. The van der Waals surface area contributed by atoms with Crippen molar-refractivity contribution in [2.24, 2.45) is 5.10 Å². The molecule has 0 atom stereocenters. The summed E-state index contributed by atoms with van der Waals surface area (Å²) in [6.07, 6.45) is 1.84. The van der Waals surface area contributed by atoms with Crippen LogP contribution in [0, 0.1) is 0 Å². The molecule has 0 heterocycles. The van der Waals surface area contributed by atoms with Crippen LogP contribution in [0.2, 0.25) is 0 Å². The molecule has 0 spiro atoms. The number of benzene rings is 3. The first kappa shape index (κ1) is 24.9. The zero-order valence-corrected chi connectivity index (χ0v) is 19.6. The number of rotatable bonds is 11. The van der Waals surface area contributed by atoms with E-state index in [0.29, 0.717) is 24.3 Å². The number of hydrazone groups is 1. The Labute approximate surface area is 199 Å². The number of sulfonamides is 1. The standard InChI is InChI=1S/C25H27N3O5S/c1-2-33-24-17-21(13-14-23(24)29)18-26-27-25(30)19-28(16-15-20-9-5-3-6-10-20)34(31,32)22-11-7-4-8-12-22/h3-14,17-18,29H,2,15-16,19H2,1H3,(H,27,30)/b26-18-. The molecule has 8 nitrogen and oxygen atoms in total. The second-order valence-corrected chi connectivity index (χ2v) is 9.28. The minimum absolute atomic E-state index is 0.00297. The van der Waals surface area contributed by atoms with Gasteiger partial charge in [-0.05, 0) is 54.8 Å². The van der Waals surface area contributed by atoms with Crippen LogP contribution >= 0.6 is 0 Å². The SMILES string of the molecule is CCOc1cc(/C=N\NC(=O)CN(CCc2ccccc2)S(=O)(=O)c2ccccc2)ccc1O. The fourth-order valence-corrected chi connectivity index (χ4v) is 4.60. The molecule has 0 aliphatic heterocycles. The van der Waals surface area contributed by atoms with E-state index in [4.69, 9.17) is 4.74 Å². The van der Waals surface area contributed by atoms with Crippen molar-refractivity contribution in [1.29, 1.82) is 0 Å². The summed E-state index contributed by atoms with van der Waals surface area (Å²) >= 11 is 0. The van der Waals surface area contributed by atoms with Crippen LogP contribution in [0.4, 0.5) is 0 Å². The predicted molar refractivity (Wildman–Crippen MR) is 130 cm³/mol. The summed E-state index contributed by atoms with van der Waals surface area (Å²) in [4.78, 5) is 12.7. The third-order valence-electron chi connectivity index (χ3n) is 4.88. The van der Waals surface area contributed by atoms with E-state index < -0.39 is 15.9 Å². The maximum Gasteiger partial charge on any atom is 0.255 e. The average Bonchev–Trinajstić information content (AvgIpc) is 2.85. The predicted octanol–water partition coefficient (Wildman–Crippen LogP) is 3.17. The zero-order chi connectivity index (χ0) is 24.4. The van der Waals surface area contributed by atoms with Crippen molar-refractivity contribution >= 4 is 22.1 Å². The van der Waals surface area contributed by atoms with Crippen molar-refractivity contribution in [1.82, 2.24) is 9.73 Å². The Morgan fingerprint density at radius 1 is 1.06 bits per heavy atom. The molecule has 1 amide bonds. The first-order valence-corrected chi connectivity index (χ1v) is 12.2. The highest BCUT2D eigenvalue weighted by Gasteiger charge is 2.26. The molecule has 3 rings (SSSR count). The zero-order valence-electron chi connectivity index (χ0n) is 18.8. The molecule has 0 radical (unpaired) electrons. The molecule has 2 N–H and O–H groups in total. The number of aromatic hydroxyl groups is 1. The highest BCUT2D eigenvalue weighted by molar-refractivity contribution is 7.89. The summed E-state index contributed by atoms with van der Waals surface area (Å²) in [5, 5.41) is 13.7. The van der Waals surface area contributed by atoms with Crippen LogP contribution in [-0.4, -0.2) is 49.6 Å². The lowest BCUT2D eigenvalue weighted by Crippen LogP contribution is -2.40. The summed E-state index contributed by atoms with van der Waals surface area (Å²) in [6, 6.07) is 22.1. The van der Waals surface area contributed by atoms with Crippen molar-refractivity contribution in [3.8, 4) is 11.5 Å². The normalized spacial score (nSPS) is 11.6. The lowest BCUT2D eigenvalue weighted by Gasteiger charge is -2.21. The van der Waals surface area contributed by atoms with E-state index in [1.165, 1.54) is 24.4 Å². The molecular weight excluding hydrogens is 454 g/mol. The van der Waals surface area contributed by atoms with E-state index >= 15 is 0 Å². The van der Waals surface area contributed by atoms with Crippen LogP contribution < -0.4 is 10.2 Å². The number of phenolic OH excluding ortho intramolecular Hbond substituents is 1. The number of hydrogen-bond donors (Lipinski definition) is 2. The van der Waals surface area contributed by atoms with Crippen LogP contribution in [0.3, 0.4) is 0 Å². The van der Waals surface area contributed by atoms with E-state index in [1.54, 1.807) is 37.3 Å². The van der Waals surface area contributed by atoms with E-state index in [9.17, 15) is 18.3 Å². The van der Waals surface area contributed by atoms with Crippen LogP contribution in [0.15, 0.2) is 88.9 Å². The Hall–Kier alpha value is -3.69. The average molecular weight is 482 g/mol. The van der Waals surface area contributed by atoms with E-state index in [-0.39, 0.29) is 23.7 Å². The van der Waals surface area contributed by atoms with Gasteiger partial charge in [-0.3, -0.25) is 4.79 Å². The van der Waals surface area contributed by atoms with E-state index in [0.717, 1.165) is 9.87 Å². The topological polar surface area (TPSA) is 108 Å². The number of nitrogens with zero attached hydrogens (tertiary/aromatic N) is 2. The number of phenols is 1. The molecular formula is C25H27N3O5S. The summed E-state index contributed by atoms with van der Waals surface area (Å²) in [7, 11) is -3.88. The van der Waals surface area contributed by atoms with Gasteiger partial charge in [-0.25, -0.2) is 13.8 Å². The molecule has 0 unspecified atom stereocenters. The third kappa shape index (κ3) is 6.90. The molecule has 0 aliphatic carbocycles. The molecule has 0 bridgehead atoms. The summed E-state index contributed by atoms with van der Waals surface area (Å²) in [5.74, 6) is -0.269. The first-order valence-electron chi connectivity index (χ1n) is 10.8. The molecule has 34 heavy (non-hydrogen) atoms. The Morgan fingerprint density at radius 3 is 2.41 bits per heavy atom. The maximum absolute atomic E-state index is 13.2. The lowest BCUT2D eigenvalue weighted by molar-refractivity contribution is -0.121. The van der Waals surface area contributed by atoms with Gasteiger partial charge in [0.25, 0.3) is 5.91 Å². The number of nitrogens with one attached hydrogen (secondary N) is 1. The number of ether oxygens (including phenoxy) is 1. The second-order valence-electron chi connectivity index (χ2n) is 7.34. The Morgan fingerprint density at radius 2 is 1.74 bits per heavy atom. The Bertz CT molecular complexity index is 1220. The largest absolute Gasteiger partial charge is 0.504 e. The molecule has 0 aliphatic rings. The van der Waals surface area contributed by atoms with E-state index in [2.05, 4.69) is 10.5 Å². The summed E-state index contributed by atoms with van der Waals surface area (Å²) in [6.45, 7) is 1.93. The van der Waals surface area contributed by atoms with Gasteiger partial charge in [-0.2, -0.15) is 9.41 Å². The fourth-order valence-electron chi connectivity index (χ4n) is 3.18. The summed E-state index contributed by atoms with van der Waals surface area (Å²) in [5.41, 5.74) is 3.93. The number of carbonyl (C=O) groups is 1. The van der Waals surface area contributed by atoms with Crippen molar-refractivity contribution in [3.63, 3.8) is 0 Å². The molecule has 9 heteroatoms. The van der Waals surface area contributed by atoms with Crippen LogP contribution in [0.5, 0.6) is 11.5 Å². The minimum Gasteiger partial charge on any atom is -0.504 e. The molecule has 0 fully saturated rings. The van der Waals surface area contributed by atoms with Gasteiger partial charge in [0.2, 0.25) is 10.0 Å². The number of carbonyl (C=O) groups excluding carboxylic acids is 1. The monoisotopic (exact) mass is 481 g/mol. The fraction of sp³-hybridized carbons (Fsp3) is 0.200. The third-order valence-corrected chi connectivity index (χ3v) is 6.74. The lowest BCUT2D eigenvalue weighted by atomic mass is 10.1. The summed E-state index contributed by atoms with van der Waals surface area (Å²) < 4.78 is 32.8. The number of amides is 1. The van der Waals surface area contributed by atoms with Crippen molar-refractivity contribution in [2.75, 3.05) is 19.7 Å². The quantitative estimate of drug-likeness (QED) is 0.323. The Kier molecular flexibility index (Phi) is 8.78. The van der Waals surface area contributed by atoms with Gasteiger partial charge in [0.1, 0.15) is 0 Å². The van der Waals surface area contributed by atoms with Gasteiger partial charge in [-0.1, -0.05) is 48.5 Å². The van der Waals surface area contributed by atoms with E-state index in [1.807, 2.05) is 30.3 Å². The van der Waals surface area contributed by atoms with Crippen molar-refractivity contribution in [2.45, 2.75) is 18.2 Å². The van der Waals surface area contributed by atoms with Crippen LogP contribution in [0.1, 0.15) is 18.1 Å². The molecule has 3 aromatic rings. The molecule has 0 aromatic heterocycles.